The second kappa shape index (κ2) is 11.5. The Hall–Kier alpha value is -2.26. The molecular formula is C32H50O5P+. The molecule has 212 valence electrons. The van der Waals surface area contributed by atoms with E-state index in [4.69, 9.17) is 18.5 Å². The minimum Gasteiger partial charge on any atom is -0.493 e. The molecule has 0 aliphatic heterocycles. The Kier molecular flexibility index (Phi) is 9.64. The van der Waals surface area contributed by atoms with Crippen molar-refractivity contribution in [2.75, 3.05) is 13.2 Å². The van der Waals surface area contributed by atoms with Crippen LogP contribution in [-0.2, 0) is 26.2 Å². The van der Waals surface area contributed by atoms with Crippen molar-refractivity contribution in [1.82, 2.24) is 0 Å². The molecule has 2 rings (SSSR count). The van der Waals surface area contributed by atoms with Crippen LogP contribution in [0.5, 0.6) is 23.0 Å². The van der Waals surface area contributed by atoms with Crippen molar-refractivity contribution in [3.8, 4) is 23.0 Å². The van der Waals surface area contributed by atoms with E-state index in [0.29, 0.717) is 24.7 Å². The van der Waals surface area contributed by atoms with E-state index in [-0.39, 0.29) is 21.7 Å². The van der Waals surface area contributed by atoms with Crippen LogP contribution in [0.1, 0.15) is 119 Å². The molecule has 0 fully saturated rings. The van der Waals surface area contributed by atoms with Gasteiger partial charge in [0.15, 0.2) is 11.5 Å². The highest BCUT2D eigenvalue weighted by Gasteiger charge is 2.34. The van der Waals surface area contributed by atoms with Crippen LogP contribution in [-0.4, -0.2) is 13.2 Å². The highest BCUT2D eigenvalue weighted by Crippen LogP contribution is 2.46. The van der Waals surface area contributed by atoms with Crippen LogP contribution < -0.4 is 18.5 Å². The third-order valence-electron chi connectivity index (χ3n) is 6.29. The van der Waals surface area contributed by atoms with Gasteiger partial charge in [0.05, 0.1) is 13.2 Å². The first-order valence-corrected chi connectivity index (χ1v) is 14.8. The molecule has 0 aliphatic rings. The zero-order valence-electron chi connectivity index (χ0n) is 26.2. The molecule has 0 radical (unpaired) electrons. The summed E-state index contributed by atoms with van der Waals surface area (Å²) in [6.45, 7) is 30.8. The van der Waals surface area contributed by atoms with Crippen molar-refractivity contribution in [2.24, 2.45) is 0 Å². The fourth-order valence-corrected chi connectivity index (χ4v) is 4.92. The summed E-state index contributed by atoms with van der Waals surface area (Å²) in [7, 11) is -2.49. The summed E-state index contributed by atoms with van der Waals surface area (Å²) >= 11 is 0. The zero-order chi connectivity index (χ0) is 29.3. The fourth-order valence-electron chi connectivity index (χ4n) is 4.33. The van der Waals surface area contributed by atoms with Gasteiger partial charge >= 0.3 is 8.25 Å². The molecule has 0 saturated carbocycles. The van der Waals surface area contributed by atoms with Crippen LogP contribution in [0.3, 0.4) is 0 Å². The number of hydrogen-bond donors (Lipinski definition) is 0. The number of hydrogen-bond acceptors (Lipinski definition) is 5. The predicted molar refractivity (Wildman–Crippen MR) is 159 cm³/mol. The van der Waals surface area contributed by atoms with Crippen molar-refractivity contribution in [1.29, 1.82) is 0 Å². The van der Waals surface area contributed by atoms with Crippen molar-refractivity contribution < 1.29 is 23.1 Å². The monoisotopic (exact) mass is 545 g/mol. The van der Waals surface area contributed by atoms with E-state index < -0.39 is 8.25 Å². The van der Waals surface area contributed by atoms with Crippen molar-refractivity contribution in [3.63, 3.8) is 0 Å². The molecule has 5 nitrogen and oxygen atoms in total. The third-order valence-corrected chi connectivity index (χ3v) is 7.01. The van der Waals surface area contributed by atoms with Crippen molar-refractivity contribution >= 4 is 8.25 Å². The van der Waals surface area contributed by atoms with E-state index in [2.05, 4.69) is 83.1 Å². The standard InChI is InChI=1S/C32H50O5P/c1-15-34-27-23(29(3,4)5)17-21(18-24(27)30(6,7)8)36-38(33)37-22-19-25(31(9,10)11)28(35-16-2)26(20-22)32(12,13)14/h17-20H,15-16H2,1-14H3/q+1. The summed E-state index contributed by atoms with van der Waals surface area (Å²) in [6.07, 6.45) is 0. The van der Waals surface area contributed by atoms with Crippen molar-refractivity contribution in [2.45, 2.75) is 119 Å². The van der Waals surface area contributed by atoms with Gasteiger partial charge in [0.2, 0.25) is 0 Å². The van der Waals surface area contributed by atoms with Crippen LogP contribution in [0.2, 0.25) is 0 Å². The molecule has 0 bridgehead atoms. The minimum absolute atomic E-state index is 0.200. The molecule has 0 N–H and O–H groups in total. The molecule has 2 aromatic carbocycles. The van der Waals surface area contributed by atoms with Gasteiger partial charge in [-0.25, -0.2) is 9.05 Å². The molecule has 0 unspecified atom stereocenters. The summed E-state index contributed by atoms with van der Waals surface area (Å²) in [4.78, 5) is 0. The molecule has 0 heterocycles. The highest BCUT2D eigenvalue weighted by atomic mass is 31.1. The molecule has 0 aliphatic carbocycles. The maximum atomic E-state index is 13.3. The SMILES string of the molecule is CCOc1c(C(C)(C)C)cc(O[P+](=O)Oc2cc(C(C)(C)C)c(OCC)c(C(C)(C)C)c2)cc1C(C)(C)C. The molecule has 2 aromatic rings. The Bertz CT molecular complexity index is 979. The Morgan fingerprint density at radius 2 is 0.763 bits per heavy atom. The Morgan fingerprint density at radius 3 is 0.947 bits per heavy atom. The van der Waals surface area contributed by atoms with Crippen LogP contribution in [0.4, 0.5) is 0 Å². The lowest BCUT2D eigenvalue weighted by Gasteiger charge is -2.29. The molecular weight excluding hydrogens is 495 g/mol. The summed E-state index contributed by atoms with van der Waals surface area (Å²) in [6, 6.07) is 7.71. The fraction of sp³-hybridized carbons (Fsp3) is 0.625. The number of rotatable bonds is 8. The van der Waals surface area contributed by atoms with E-state index in [0.717, 1.165) is 33.8 Å². The second-order valence-electron chi connectivity index (χ2n) is 14.0. The first-order valence-electron chi connectivity index (χ1n) is 13.7. The van der Waals surface area contributed by atoms with E-state index in [1.54, 1.807) is 0 Å². The minimum atomic E-state index is -2.49. The van der Waals surface area contributed by atoms with E-state index >= 15 is 0 Å². The molecule has 0 aromatic heterocycles. The van der Waals surface area contributed by atoms with Crippen LogP contribution >= 0.6 is 8.25 Å². The number of benzene rings is 2. The molecule has 0 spiro atoms. The second-order valence-corrected chi connectivity index (χ2v) is 14.8. The Morgan fingerprint density at radius 1 is 0.526 bits per heavy atom. The summed E-state index contributed by atoms with van der Waals surface area (Å²) in [5.74, 6) is 2.74. The third kappa shape index (κ3) is 7.88. The van der Waals surface area contributed by atoms with Gasteiger partial charge in [0, 0.05) is 26.8 Å². The number of ether oxygens (including phenoxy) is 2. The predicted octanol–water partition coefficient (Wildman–Crippen LogP) is 9.79. The Labute approximate surface area is 232 Å². The lowest BCUT2D eigenvalue weighted by Crippen LogP contribution is -2.20. The quantitative estimate of drug-likeness (QED) is 0.309. The van der Waals surface area contributed by atoms with E-state index in [1.165, 1.54) is 0 Å². The van der Waals surface area contributed by atoms with Crippen LogP contribution in [0, 0.1) is 0 Å². The van der Waals surface area contributed by atoms with Crippen LogP contribution in [0.15, 0.2) is 24.3 Å². The largest absolute Gasteiger partial charge is 0.805 e. The van der Waals surface area contributed by atoms with Gasteiger partial charge < -0.3 is 9.47 Å². The van der Waals surface area contributed by atoms with E-state index in [1.807, 2.05) is 38.1 Å². The smallest absolute Gasteiger partial charge is 0.493 e. The van der Waals surface area contributed by atoms with Gasteiger partial charge in [0.25, 0.3) is 0 Å². The molecule has 0 amide bonds. The van der Waals surface area contributed by atoms with E-state index in [9.17, 15) is 4.57 Å². The first-order chi connectivity index (χ1) is 17.2. The summed E-state index contributed by atoms with van der Waals surface area (Å²) < 4.78 is 37.4. The van der Waals surface area contributed by atoms with Gasteiger partial charge in [-0.3, -0.25) is 0 Å². The highest BCUT2D eigenvalue weighted by molar-refractivity contribution is 7.34. The average Bonchev–Trinajstić information content (AvgIpc) is 2.72. The zero-order valence-corrected chi connectivity index (χ0v) is 27.1. The maximum Gasteiger partial charge on any atom is 0.805 e. The molecule has 6 heteroatoms. The van der Waals surface area contributed by atoms with Gasteiger partial charge in [-0.05, 0) is 59.8 Å². The lowest BCUT2D eigenvalue weighted by atomic mass is 9.79. The summed E-state index contributed by atoms with van der Waals surface area (Å²) in [5, 5.41) is 0. The van der Waals surface area contributed by atoms with Gasteiger partial charge in [0.1, 0.15) is 11.5 Å². The van der Waals surface area contributed by atoms with Gasteiger partial charge in [-0.1, -0.05) is 83.1 Å². The van der Waals surface area contributed by atoms with Gasteiger partial charge in [-0.15, -0.1) is 0 Å². The Balaban J connectivity index is 2.57. The molecule has 0 atom stereocenters. The summed E-state index contributed by atoms with van der Waals surface area (Å²) in [5.41, 5.74) is 3.24. The van der Waals surface area contributed by atoms with Crippen molar-refractivity contribution in [3.05, 3.63) is 46.5 Å². The first kappa shape index (κ1) is 32.0. The molecule has 0 saturated heterocycles. The normalized spacial score (nSPS) is 12.8. The maximum absolute atomic E-state index is 13.3. The van der Waals surface area contributed by atoms with Gasteiger partial charge in [-0.2, -0.15) is 0 Å². The lowest BCUT2D eigenvalue weighted by molar-refractivity contribution is 0.318. The molecule has 38 heavy (non-hydrogen) atoms. The van der Waals surface area contributed by atoms with Crippen LogP contribution in [0.25, 0.3) is 0 Å². The topological polar surface area (TPSA) is 54.0 Å². The average molecular weight is 546 g/mol.